The van der Waals surface area contributed by atoms with Crippen LogP contribution in [-0.4, -0.2) is 23.6 Å². The molecule has 2 aromatic rings. The van der Waals surface area contributed by atoms with Crippen LogP contribution < -0.4 is 4.89 Å². The van der Waals surface area contributed by atoms with Gasteiger partial charge in [-0.25, -0.2) is 13.4 Å². The second-order valence-electron chi connectivity index (χ2n) is 2.68. The summed E-state index contributed by atoms with van der Waals surface area (Å²) in [6, 6.07) is 4.30. The fourth-order valence-electron chi connectivity index (χ4n) is 1.13. The molecule has 0 bridgehead atoms. The molecule has 0 amide bonds. The number of nitrogens with one attached hydrogen (secondary N) is 2. The number of fused-ring (bicyclic) bond motifs is 1. The van der Waals surface area contributed by atoms with Crippen LogP contribution in [0.4, 0.5) is 0 Å². The van der Waals surface area contributed by atoms with Gasteiger partial charge < -0.3 is 10.2 Å². The molecule has 1 aromatic carbocycles. The molecule has 0 unspecified atom stereocenters. The molecule has 0 aliphatic heterocycles. The Morgan fingerprint density at radius 1 is 1.43 bits per heavy atom. The molecule has 1 heterocycles. The van der Waals surface area contributed by atoms with E-state index in [-0.39, 0.29) is 4.90 Å². The lowest BCUT2D eigenvalue weighted by Crippen LogP contribution is -2.19. The number of benzene rings is 1. The summed E-state index contributed by atoms with van der Waals surface area (Å²) in [5, 5.41) is 8.41. The number of hydrogen-bond donors (Lipinski definition) is 3. The van der Waals surface area contributed by atoms with Crippen molar-refractivity contribution in [2.24, 2.45) is 0 Å². The van der Waals surface area contributed by atoms with Crippen LogP contribution in [0.5, 0.6) is 0 Å². The van der Waals surface area contributed by atoms with Gasteiger partial charge in [-0.1, -0.05) is 4.89 Å². The number of imidazole rings is 1. The number of aromatic amines is 1. The first kappa shape index (κ1) is 9.13. The molecule has 74 valence electrons. The third-order valence-electron chi connectivity index (χ3n) is 1.82. The van der Waals surface area contributed by atoms with Crippen LogP contribution >= 0.6 is 0 Å². The number of H-pyrrole nitrogens is 1. The first-order chi connectivity index (χ1) is 6.63. The predicted octanol–water partition coefficient (Wildman–Crippen LogP) is 0.230. The quantitative estimate of drug-likeness (QED) is 0.622. The zero-order valence-electron chi connectivity index (χ0n) is 6.93. The van der Waals surface area contributed by atoms with E-state index in [0.717, 1.165) is 0 Å². The number of sulfonamides is 1. The lowest BCUT2D eigenvalue weighted by atomic mass is 10.3. The van der Waals surface area contributed by atoms with Crippen LogP contribution in [0.25, 0.3) is 11.0 Å². The Balaban J connectivity index is 2.65. The molecular formula is C7H7N3O3S. The normalized spacial score (nSPS) is 12.1. The van der Waals surface area contributed by atoms with Crippen molar-refractivity contribution in [3.05, 3.63) is 24.5 Å². The lowest BCUT2D eigenvalue weighted by Gasteiger charge is -2.00. The number of nitrogens with zero attached hydrogens (tertiary/aromatic N) is 1. The van der Waals surface area contributed by atoms with Gasteiger partial charge in [0.25, 0.3) is 10.0 Å². The first-order valence-electron chi connectivity index (χ1n) is 3.72. The van der Waals surface area contributed by atoms with Gasteiger partial charge in [0.05, 0.1) is 22.3 Å². The van der Waals surface area contributed by atoms with Crippen LogP contribution in [-0.2, 0) is 10.0 Å². The van der Waals surface area contributed by atoms with Crippen LogP contribution in [0, 0.1) is 0 Å². The largest absolute Gasteiger partial charge is 0.345 e. The van der Waals surface area contributed by atoms with Gasteiger partial charge >= 0.3 is 0 Å². The molecule has 3 N–H and O–H groups in total. The Labute approximate surface area is 79.6 Å². The Bertz CT molecular complexity index is 560. The fraction of sp³-hybridized carbons (Fsp3) is 0. The van der Waals surface area contributed by atoms with E-state index in [1.165, 1.54) is 23.3 Å². The molecule has 0 aliphatic rings. The summed E-state index contributed by atoms with van der Waals surface area (Å²) in [6.45, 7) is 0. The average Bonchev–Trinajstić information content (AvgIpc) is 2.64. The molecule has 1 aromatic heterocycles. The molecule has 0 spiro atoms. The van der Waals surface area contributed by atoms with Gasteiger partial charge in [-0.2, -0.15) is 0 Å². The highest BCUT2D eigenvalue weighted by atomic mass is 32.2. The average molecular weight is 213 g/mol. The molecule has 0 saturated heterocycles. The van der Waals surface area contributed by atoms with Crippen molar-refractivity contribution in [2.75, 3.05) is 0 Å². The zero-order chi connectivity index (χ0) is 10.2. The highest BCUT2D eigenvalue weighted by molar-refractivity contribution is 7.89. The van der Waals surface area contributed by atoms with E-state index in [0.29, 0.717) is 11.0 Å². The van der Waals surface area contributed by atoms with E-state index in [4.69, 9.17) is 5.21 Å². The molecule has 0 aliphatic carbocycles. The van der Waals surface area contributed by atoms with Crippen LogP contribution in [0.2, 0.25) is 0 Å². The Hall–Kier alpha value is -1.44. The lowest BCUT2D eigenvalue weighted by molar-refractivity contribution is 0.242. The fourth-order valence-corrected chi connectivity index (χ4v) is 1.76. The summed E-state index contributed by atoms with van der Waals surface area (Å²) in [6.07, 6.45) is 1.47. The van der Waals surface area contributed by atoms with Crippen LogP contribution in [0.1, 0.15) is 0 Å². The Morgan fingerprint density at radius 2 is 2.21 bits per heavy atom. The molecule has 14 heavy (non-hydrogen) atoms. The standard InChI is InChI=1S/C7H7N3O3S/c11-10-14(12,13)5-1-2-6-7(3-5)9-4-8-6/h1-4,10-11H,(H,8,9). The molecule has 0 radical (unpaired) electrons. The predicted molar refractivity (Wildman–Crippen MR) is 48.2 cm³/mol. The minimum Gasteiger partial charge on any atom is -0.345 e. The van der Waals surface area contributed by atoms with Gasteiger partial charge in [-0.3, -0.25) is 0 Å². The van der Waals surface area contributed by atoms with E-state index in [1.807, 2.05) is 0 Å². The molecule has 6 nitrogen and oxygen atoms in total. The minimum absolute atomic E-state index is 0.0169. The topological polar surface area (TPSA) is 95.1 Å². The molecule has 0 saturated carbocycles. The summed E-state index contributed by atoms with van der Waals surface area (Å²) in [4.78, 5) is 7.94. The molecule has 0 fully saturated rings. The van der Waals surface area contributed by atoms with Crippen molar-refractivity contribution in [3.8, 4) is 0 Å². The van der Waals surface area contributed by atoms with E-state index >= 15 is 0 Å². The van der Waals surface area contributed by atoms with Crippen molar-refractivity contribution in [3.63, 3.8) is 0 Å². The maximum atomic E-state index is 11.2. The van der Waals surface area contributed by atoms with Crippen LogP contribution in [0.3, 0.4) is 0 Å². The van der Waals surface area contributed by atoms with Crippen molar-refractivity contribution in [1.82, 2.24) is 14.9 Å². The maximum Gasteiger partial charge on any atom is 0.262 e. The number of hydrogen-bond acceptors (Lipinski definition) is 4. The van der Waals surface area contributed by atoms with Crippen molar-refractivity contribution < 1.29 is 13.6 Å². The van der Waals surface area contributed by atoms with Crippen LogP contribution in [0.15, 0.2) is 29.4 Å². The first-order valence-corrected chi connectivity index (χ1v) is 5.21. The van der Waals surface area contributed by atoms with Gasteiger partial charge in [0.15, 0.2) is 0 Å². The van der Waals surface area contributed by atoms with Crippen molar-refractivity contribution in [1.29, 1.82) is 0 Å². The third-order valence-corrected chi connectivity index (χ3v) is 2.94. The van der Waals surface area contributed by atoms with E-state index in [9.17, 15) is 8.42 Å². The molecule has 2 rings (SSSR count). The second-order valence-corrected chi connectivity index (χ2v) is 4.34. The summed E-state index contributed by atoms with van der Waals surface area (Å²) < 4.78 is 22.3. The highest BCUT2D eigenvalue weighted by Gasteiger charge is 2.12. The van der Waals surface area contributed by atoms with E-state index < -0.39 is 10.0 Å². The van der Waals surface area contributed by atoms with Gasteiger partial charge in [-0.05, 0) is 18.2 Å². The number of aromatic nitrogens is 2. The molecular weight excluding hydrogens is 206 g/mol. The van der Waals surface area contributed by atoms with E-state index in [1.54, 1.807) is 6.07 Å². The minimum atomic E-state index is -3.81. The maximum absolute atomic E-state index is 11.2. The van der Waals surface area contributed by atoms with Gasteiger partial charge in [0.1, 0.15) is 0 Å². The second kappa shape index (κ2) is 3.05. The summed E-state index contributed by atoms with van der Waals surface area (Å²) in [5.74, 6) is 0. The SMILES string of the molecule is O=S(=O)(NO)c1ccc2nc[nH]c2c1. The highest BCUT2D eigenvalue weighted by Crippen LogP contribution is 2.15. The van der Waals surface area contributed by atoms with Gasteiger partial charge in [0, 0.05) is 0 Å². The summed E-state index contributed by atoms with van der Waals surface area (Å²) in [7, 11) is -3.81. The zero-order valence-corrected chi connectivity index (χ0v) is 7.75. The van der Waals surface area contributed by atoms with Gasteiger partial charge in [0.2, 0.25) is 0 Å². The molecule has 0 atom stereocenters. The molecule has 7 heteroatoms. The monoisotopic (exact) mass is 213 g/mol. The smallest absolute Gasteiger partial charge is 0.262 e. The Kier molecular flexibility index (Phi) is 1.99. The Morgan fingerprint density at radius 3 is 2.93 bits per heavy atom. The summed E-state index contributed by atoms with van der Waals surface area (Å²) >= 11 is 0. The van der Waals surface area contributed by atoms with Gasteiger partial charge in [-0.15, -0.1) is 0 Å². The van der Waals surface area contributed by atoms with E-state index in [2.05, 4.69) is 9.97 Å². The third kappa shape index (κ3) is 1.37. The number of rotatable bonds is 2. The van der Waals surface area contributed by atoms with Crippen molar-refractivity contribution >= 4 is 21.1 Å². The van der Waals surface area contributed by atoms with Crippen molar-refractivity contribution in [2.45, 2.75) is 4.90 Å². The summed E-state index contributed by atoms with van der Waals surface area (Å²) in [5.41, 5.74) is 1.27.